The van der Waals surface area contributed by atoms with Crippen LogP contribution < -0.4 is 5.73 Å². The van der Waals surface area contributed by atoms with E-state index in [1.807, 2.05) is 0 Å². The topological polar surface area (TPSA) is 68.9 Å². The lowest BCUT2D eigenvalue weighted by molar-refractivity contribution is 0.100. The number of fused-ring (bicyclic) bond motifs is 1. The lowest BCUT2D eigenvalue weighted by atomic mass is 10.2. The van der Waals surface area contributed by atoms with E-state index >= 15 is 0 Å². The number of hydrogen-bond donors (Lipinski definition) is 1. The zero-order chi connectivity index (χ0) is 11.0. The Balaban J connectivity index is 2.79. The molecule has 0 spiro atoms. The molecule has 0 aliphatic rings. The summed E-state index contributed by atoms with van der Waals surface area (Å²) < 4.78 is 12.9. The molecule has 0 saturated carbocycles. The maximum atomic E-state index is 12.9. The van der Waals surface area contributed by atoms with Crippen molar-refractivity contribution in [2.75, 3.05) is 5.73 Å². The zero-order valence-electron chi connectivity index (χ0n) is 7.99. The van der Waals surface area contributed by atoms with Crippen LogP contribution in [0.4, 0.5) is 10.2 Å². The Morgan fingerprint density at radius 3 is 2.80 bits per heavy atom. The molecule has 5 heteroatoms. The minimum absolute atomic E-state index is 0.00519. The van der Waals surface area contributed by atoms with Crippen LogP contribution in [0.2, 0.25) is 0 Å². The Labute approximate surface area is 84.9 Å². The third kappa shape index (κ3) is 1.63. The summed E-state index contributed by atoms with van der Waals surface area (Å²) in [7, 11) is 0. The molecule has 0 bridgehead atoms. The van der Waals surface area contributed by atoms with Crippen LogP contribution in [-0.2, 0) is 0 Å². The number of carbonyl (C=O) groups excluding carboxylic acids is 1. The van der Waals surface area contributed by atoms with Gasteiger partial charge in [0, 0.05) is 18.4 Å². The lowest BCUT2D eigenvalue weighted by Crippen LogP contribution is -2.05. The Bertz CT molecular complexity index is 554. The fourth-order valence-electron chi connectivity index (χ4n) is 1.28. The molecule has 1 aromatic heterocycles. The molecule has 0 unspecified atom stereocenters. The van der Waals surface area contributed by atoms with Crippen LogP contribution in [0.1, 0.15) is 17.5 Å². The number of carbonyl (C=O) groups is 1. The predicted octanol–water partition coefficient (Wildman–Crippen LogP) is 1.55. The van der Waals surface area contributed by atoms with Crippen molar-refractivity contribution in [3.05, 3.63) is 29.8 Å². The average Bonchev–Trinajstić information content (AvgIpc) is 2.16. The van der Waals surface area contributed by atoms with Crippen molar-refractivity contribution in [2.24, 2.45) is 0 Å². The molecule has 2 N–H and O–H groups in total. The van der Waals surface area contributed by atoms with Crippen LogP contribution in [0.25, 0.3) is 10.9 Å². The first-order valence-corrected chi connectivity index (χ1v) is 4.31. The smallest absolute Gasteiger partial charge is 0.198 e. The van der Waals surface area contributed by atoms with Crippen molar-refractivity contribution in [2.45, 2.75) is 6.92 Å². The molecule has 0 fully saturated rings. The zero-order valence-corrected chi connectivity index (χ0v) is 7.99. The Morgan fingerprint density at radius 1 is 1.40 bits per heavy atom. The summed E-state index contributed by atoms with van der Waals surface area (Å²) in [5.74, 6) is -0.529. The molecular formula is C10H8FN3O. The third-order valence-electron chi connectivity index (χ3n) is 2.00. The molecule has 0 atom stereocenters. The fourth-order valence-corrected chi connectivity index (χ4v) is 1.28. The van der Waals surface area contributed by atoms with Gasteiger partial charge in [-0.05, 0) is 12.1 Å². The number of aromatic nitrogens is 2. The third-order valence-corrected chi connectivity index (χ3v) is 2.00. The molecule has 0 amide bonds. The van der Waals surface area contributed by atoms with Gasteiger partial charge in [-0.3, -0.25) is 4.79 Å². The van der Waals surface area contributed by atoms with Gasteiger partial charge in [-0.2, -0.15) is 0 Å². The second kappa shape index (κ2) is 3.27. The van der Waals surface area contributed by atoms with E-state index in [-0.39, 0.29) is 17.4 Å². The highest BCUT2D eigenvalue weighted by Crippen LogP contribution is 2.18. The van der Waals surface area contributed by atoms with Crippen molar-refractivity contribution in [3.63, 3.8) is 0 Å². The number of rotatable bonds is 1. The number of nitrogen functional groups attached to an aromatic ring is 1. The van der Waals surface area contributed by atoms with Crippen LogP contribution in [0.3, 0.4) is 0 Å². The molecule has 0 aliphatic carbocycles. The van der Waals surface area contributed by atoms with Gasteiger partial charge >= 0.3 is 0 Å². The molecule has 2 rings (SSSR count). The Hall–Kier alpha value is -2.04. The highest BCUT2D eigenvalue weighted by atomic mass is 19.1. The van der Waals surface area contributed by atoms with Gasteiger partial charge in [0.05, 0.1) is 5.52 Å². The highest BCUT2D eigenvalue weighted by Gasteiger charge is 2.08. The number of nitrogens with two attached hydrogens (primary N) is 1. The van der Waals surface area contributed by atoms with Crippen LogP contribution in [0.15, 0.2) is 18.2 Å². The van der Waals surface area contributed by atoms with E-state index in [1.165, 1.54) is 25.1 Å². The normalized spacial score (nSPS) is 10.5. The van der Waals surface area contributed by atoms with Crippen molar-refractivity contribution in [1.82, 2.24) is 9.97 Å². The summed E-state index contributed by atoms with van der Waals surface area (Å²) in [6.45, 7) is 1.33. The van der Waals surface area contributed by atoms with Crippen molar-refractivity contribution in [3.8, 4) is 0 Å². The highest BCUT2D eigenvalue weighted by molar-refractivity contribution is 5.95. The number of halogens is 1. The Kier molecular flexibility index (Phi) is 2.07. The van der Waals surface area contributed by atoms with Gasteiger partial charge < -0.3 is 5.73 Å². The summed E-state index contributed by atoms with van der Waals surface area (Å²) in [5, 5.41) is 0.543. The van der Waals surface area contributed by atoms with E-state index < -0.39 is 5.82 Å². The maximum absolute atomic E-state index is 12.9. The van der Waals surface area contributed by atoms with E-state index in [2.05, 4.69) is 9.97 Å². The van der Waals surface area contributed by atoms with E-state index in [0.717, 1.165) is 0 Å². The van der Waals surface area contributed by atoms with E-state index in [0.29, 0.717) is 10.9 Å². The molecule has 76 valence electrons. The largest absolute Gasteiger partial charge is 0.383 e. The SMILES string of the molecule is CC(=O)c1nc(N)c2ccc(F)cc2n1. The van der Waals surface area contributed by atoms with Gasteiger partial charge in [0.15, 0.2) is 11.6 Å². The molecule has 1 aromatic carbocycles. The number of hydrogen-bond acceptors (Lipinski definition) is 4. The monoisotopic (exact) mass is 205 g/mol. The van der Waals surface area contributed by atoms with Crippen LogP contribution >= 0.6 is 0 Å². The summed E-state index contributed by atoms with van der Waals surface area (Å²) in [5.41, 5.74) is 5.96. The van der Waals surface area contributed by atoms with Gasteiger partial charge in [0.2, 0.25) is 0 Å². The molecule has 15 heavy (non-hydrogen) atoms. The number of ketones is 1. The number of Topliss-reactive ketones (excluding diaryl/α,β-unsaturated/α-hetero) is 1. The van der Waals surface area contributed by atoms with Gasteiger partial charge in [-0.15, -0.1) is 0 Å². The first kappa shape index (κ1) is 9.51. The lowest BCUT2D eigenvalue weighted by Gasteiger charge is -2.02. The van der Waals surface area contributed by atoms with Gasteiger partial charge in [0.25, 0.3) is 0 Å². The minimum Gasteiger partial charge on any atom is -0.383 e. The summed E-state index contributed by atoms with van der Waals surface area (Å²) in [6, 6.07) is 3.99. The van der Waals surface area contributed by atoms with Crippen LogP contribution in [0, 0.1) is 5.82 Å². The van der Waals surface area contributed by atoms with Gasteiger partial charge in [-0.1, -0.05) is 0 Å². The maximum Gasteiger partial charge on any atom is 0.198 e. The molecule has 0 radical (unpaired) electrons. The summed E-state index contributed by atoms with van der Waals surface area (Å²) in [6.07, 6.45) is 0. The molecule has 0 saturated heterocycles. The van der Waals surface area contributed by atoms with E-state index in [4.69, 9.17) is 5.73 Å². The van der Waals surface area contributed by atoms with E-state index in [1.54, 1.807) is 0 Å². The fraction of sp³-hybridized carbons (Fsp3) is 0.100. The number of benzene rings is 1. The second-order valence-electron chi connectivity index (χ2n) is 3.15. The molecule has 4 nitrogen and oxygen atoms in total. The first-order chi connectivity index (χ1) is 7.08. The predicted molar refractivity (Wildman–Crippen MR) is 53.9 cm³/mol. The molecular weight excluding hydrogens is 197 g/mol. The molecule has 2 aromatic rings. The van der Waals surface area contributed by atoms with Crippen molar-refractivity contribution in [1.29, 1.82) is 0 Å². The second-order valence-corrected chi connectivity index (χ2v) is 3.15. The van der Waals surface area contributed by atoms with Crippen LogP contribution in [-0.4, -0.2) is 15.8 Å². The standard InChI is InChI=1S/C10H8FN3O/c1-5(15)10-13-8-4-6(11)2-3-7(8)9(12)14-10/h2-4H,1H3,(H2,12,13,14). The van der Waals surface area contributed by atoms with Gasteiger partial charge in [-0.25, -0.2) is 14.4 Å². The van der Waals surface area contributed by atoms with Crippen molar-refractivity contribution < 1.29 is 9.18 Å². The number of anilines is 1. The summed E-state index contributed by atoms with van der Waals surface area (Å²) >= 11 is 0. The summed E-state index contributed by atoms with van der Waals surface area (Å²) in [4.78, 5) is 18.8. The minimum atomic E-state index is -0.421. The number of nitrogens with zero attached hydrogens (tertiary/aromatic N) is 2. The first-order valence-electron chi connectivity index (χ1n) is 4.31. The van der Waals surface area contributed by atoms with Crippen molar-refractivity contribution >= 4 is 22.5 Å². The Morgan fingerprint density at radius 2 is 2.13 bits per heavy atom. The molecule has 0 aliphatic heterocycles. The van der Waals surface area contributed by atoms with Gasteiger partial charge in [0.1, 0.15) is 11.6 Å². The van der Waals surface area contributed by atoms with E-state index in [9.17, 15) is 9.18 Å². The molecule has 1 heterocycles. The average molecular weight is 205 g/mol. The quantitative estimate of drug-likeness (QED) is 0.717. The van der Waals surface area contributed by atoms with Crippen LogP contribution in [0.5, 0.6) is 0 Å².